The molecule has 0 radical (unpaired) electrons. The van der Waals surface area contributed by atoms with Crippen LogP contribution in [0.1, 0.15) is 35.3 Å². The summed E-state index contributed by atoms with van der Waals surface area (Å²) in [5.41, 5.74) is 6.74. The molecular formula is C10H14N2O2S. The smallest absolute Gasteiger partial charge is 0.343 e. The van der Waals surface area contributed by atoms with Crippen LogP contribution in [0, 0.1) is 12.8 Å². The van der Waals surface area contributed by atoms with Crippen LogP contribution in [0.4, 0.5) is 5.00 Å². The van der Waals surface area contributed by atoms with Crippen LogP contribution in [0.25, 0.3) is 0 Å². The summed E-state index contributed by atoms with van der Waals surface area (Å²) >= 11 is 1.14. The van der Waals surface area contributed by atoms with Gasteiger partial charge in [-0.15, -0.1) is 0 Å². The van der Waals surface area contributed by atoms with Gasteiger partial charge in [-0.25, -0.2) is 4.79 Å². The van der Waals surface area contributed by atoms with Crippen molar-refractivity contribution in [1.29, 1.82) is 0 Å². The fourth-order valence-corrected chi connectivity index (χ4v) is 2.08. The van der Waals surface area contributed by atoms with E-state index in [1.165, 1.54) is 12.8 Å². The van der Waals surface area contributed by atoms with Gasteiger partial charge >= 0.3 is 5.97 Å². The van der Waals surface area contributed by atoms with E-state index in [0.29, 0.717) is 22.9 Å². The number of aryl methyl sites for hydroxylation is 1. The van der Waals surface area contributed by atoms with Gasteiger partial charge in [0.05, 0.1) is 12.3 Å². The van der Waals surface area contributed by atoms with Crippen LogP contribution in [0.2, 0.25) is 0 Å². The Kier molecular flexibility index (Phi) is 2.90. The Morgan fingerprint density at radius 3 is 2.93 bits per heavy atom. The number of rotatable bonds is 4. The van der Waals surface area contributed by atoms with E-state index < -0.39 is 0 Å². The maximum Gasteiger partial charge on any atom is 0.343 e. The molecule has 15 heavy (non-hydrogen) atoms. The Labute approximate surface area is 92.6 Å². The molecule has 1 aromatic rings. The minimum atomic E-state index is -0.334. The summed E-state index contributed by atoms with van der Waals surface area (Å²) in [4.78, 5) is 11.6. The maximum atomic E-state index is 11.6. The molecule has 2 N–H and O–H groups in total. The first kappa shape index (κ1) is 10.4. The van der Waals surface area contributed by atoms with E-state index in [4.69, 9.17) is 10.5 Å². The Morgan fingerprint density at radius 1 is 1.67 bits per heavy atom. The fourth-order valence-electron chi connectivity index (χ4n) is 1.43. The Bertz CT molecular complexity index is 352. The number of hydrogen-bond donors (Lipinski definition) is 1. The summed E-state index contributed by atoms with van der Waals surface area (Å²) in [6, 6.07) is 0. The highest BCUT2D eigenvalue weighted by atomic mass is 32.1. The Morgan fingerprint density at radius 2 is 2.40 bits per heavy atom. The number of nitrogens with zero attached hydrogens (tertiary/aromatic N) is 1. The van der Waals surface area contributed by atoms with E-state index in [1.807, 2.05) is 0 Å². The van der Waals surface area contributed by atoms with Crippen molar-refractivity contribution >= 4 is 22.5 Å². The minimum Gasteiger partial charge on any atom is -0.462 e. The van der Waals surface area contributed by atoms with Crippen LogP contribution in [-0.2, 0) is 4.74 Å². The first-order valence-electron chi connectivity index (χ1n) is 5.07. The fraction of sp³-hybridized carbons (Fsp3) is 0.600. The quantitative estimate of drug-likeness (QED) is 0.797. The molecule has 0 bridgehead atoms. The lowest BCUT2D eigenvalue weighted by Crippen LogP contribution is -2.09. The zero-order valence-electron chi connectivity index (χ0n) is 8.66. The lowest BCUT2D eigenvalue weighted by molar-refractivity contribution is 0.0495. The van der Waals surface area contributed by atoms with E-state index in [1.54, 1.807) is 6.92 Å². The summed E-state index contributed by atoms with van der Waals surface area (Å²) in [6.45, 7) is 2.27. The second-order valence-electron chi connectivity index (χ2n) is 3.88. The highest BCUT2D eigenvalue weighted by molar-refractivity contribution is 7.10. The third kappa shape index (κ3) is 2.47. The molecule has 0 saturated heterocycles. The molecule has 4 nitrogen and oxygen atoms in total. The second-order valence-corrected chi connectivity index (χ2v) is 4.68. The van der Waals surface area contributed by atoms with E-state index in [9.17, 15) is 4.79 Å². The molecule has 1 aliphatic carbocycles. The Hall–Kier alpha value is -1.10. The molecule has 1 aliphatic rings. The van der Waals surface area contributed by atoms with Gasteiger partial charge in [0.15, 0.2) is 0 Å². The van der Waals surface area contributed by atoms with Crippen LogP contribution >= 0.6 is 11.5 Å². The predicted molar refractivity (Wildman–Crippen MR) is 58.9 cm³/mol. The number of carbonyl (C=O) groups is 1. The molecule has 0 aromatic carbocycles. The first-order valence-corrected chi connectivity index (χ1v) is 5.84. The normalized spacial score (nSPS) is 15.3. The molecule has 5 heteroatoms. The second kappa shape index (κ2) is 4.18. The monoisotopic (exact) mass is 226 g/mol. The van der Waals surface area contributed by atoms with Crippen molar-refractivity contribution in [3.63, 3.8) is 0 Å². The highest BCUT2D eigenvalue weighted by Gasteiger charge is 2.22. The molecule has 1 aromatic heterocycles. The van der Waals surface area contributed by atoms with Crippen molar-refractivity contribution in [2.75, 3.05) is 12.3 Å². The summed E-state index contributed by atoms with van der Waals surface area (Å²) in [5.74, 6) is 0.441. The molecule has 1 saturated carbocycles. The number of aromatic nitrogens is 1. The predicted octanol–water partition coefficient (Wildman–Crippen LogP) is 1.99. The lowest BCUT2D eigenvalue weighted by atomic mass is 10.2. The van der Waals surface area contributed by atoms with Gasteiger partial charge in [-0.05, 0) is 30.8 Å². The molecule has 1 heterocycles. The SMILES string of the molecule is Cc1nsc(N)c1C(=O)OCCC1CC1. The molecule has 0 unspecified atom stereocenters. The summed E-state index contributed by atoms with van der Waals surface area (Å²) in [5, 5.41) is 0.448. The Balaban J connectivity index is 1.88. The number of carbonyl (C=O) groups excluding carboxylic acids is 1. The topological polar surface area (TPSA) is 65.2 Å². The highest BCUT2D eigenvalue weighted by Crippen LogP contribution is 2.32. The molecule has 1 fully saturated rings. The van der Waals surface area contributed by atoms with E-state index in [0.717, 1.165) is 23.9 Å². The molecular weight excluding hydrogens is 212 g/mol. The van der Waals surface area contributed by atoms with Crippen LogP contribution in [0.5, 0.6) is 0 Å². The largest absolute Gasteiger partial charge is 0.462 e. The van der Waals surface area contributed by atoms with Crippen molar-refractivity contribution in [3.05, 3.63) is 11.3 Å². The van der Waals surface area contributed by atoms with Crippen LogP contribution < -0.4 is 5.73 Å². The number of anilines is 1. The van der Waals surface area contributed by atoms with Crippen LogP contribution in [0.3, 0.4) is 0 Å². The number of nitrogens with two attached hydrogens (primary N) is 1. The molecule has 0 aliphatic heterocycles. The summed E-state index contributed by atoms with van der Waals surface area (Å²) in [6.07, 6.45) is 3.53. The first-order chi connectivity index (χ1) is 7.18. The van der Waals surface area contributed by atoms with Gasteiger partial charge in [-0.1, -0.05) is 12.8 Å². The van der Waals surface area contributed by atoms with Gasteiger partial charge < -0.3 is 10.5 Å². The number of nitrogen functional groups attached to an aromatic ring is 1. The average molecular weight is 226 g/mol. The summed E-state index contributed by atoms with van der Waals surface area (Å²) < 4.78 is 9.16. The molecule has 0 spiro atoms. The number of hydrogen-bond acceptors (Lipinski definition) is 5. The van der Waals surface area contributed by atoms with Crippen LogP contribution in [-0.4, -0.2) is 16.9 Å². The number of esters is 1. The zero-order valence-corrected chi connectivity index (χ0v) is 9.47. The average Bonchev–Trinajstić information content (AvgIpc) is 2.93. The van der Waals surface area contributed by atoms with Gasteiger partial charge in [-0.2, -0.15) is 4.37 Å². The van der Waals surface area contributed by atoms with Crippen molar-refractivity contribution in [1.82, 2.24) is 4.37 Å². The number of ether oxygens (including phenoxy) is 1. The van der Waals surface area contributed by atoms with Crippen molar-refractivity contribution in [2.24, 2.45) is 5.92 Å². The lowest BCUT2D eigenvalue weighted by Gasteiger charge is -2.03. The molecule has 82 valence electrons. The van der Waals surface area contributed by atoms with Gasteiger partial charge in [0.2, 0.25) is 0 Å². The standard InChI is InChI=1S/C10H14N2O2S/c1-6-8(9(11)15-12-6)10(13)14-5-4-7-2-3-7/h7H,2-5,11H2,1H3. The van der Waals surface area contributed by atoms with E-state index in [2.05, 4.69) is 4.37 Å². The van der Waals surface area contributed by atoms with Gasteiger partial charge in [0.25, 0.3) is 0 Å². The van der Waals surface area contributed by atoms with Crippen molar-refractivity contribution in [2.45, 2.75) is 26.2 Å². The molecule has 2 rings (SSSR count). The van der Waals surface area contributed by atoms with E-state index in [-0.39, 0.29) is 5.97 Å². The van der Waals surface area contributed by atoms with Crippen LogP contribution in [0.15, 0.2) is 0 Å². The van der Waals surface area contributed by atoms with Gasteiger partial charge in [-0.3, -0.25) is 0 Å². The molecule has 0 atom stereocenters. The third-order valence-electron chi connectivity index (χ3n) is 2.55. The van der Waals surface area contributed by atoms with Gasteiger partial charge in [0.1, 0.15) is 10.6 Å². The third-order valence-corrected chi connectivity index (χ3v) is 3.32. The van der Waals surface area contributed by atoms with E-state index >= 15 is 0 Å². The molecule has 0 amide bonds. The summed E-state index contributed by atoms with van der Waals surface area (Å²) in [7, 11) is 0. The van der Waals surface area contributed by atoms with Gasteiger partial charge in [0, 0.05) is 0 Å². The maximum absolute atomic E-state index is 11.6. The zero-order chi connectivity index (χ0) is 10.8. The van der Waals surface area contributed by atoms with Crippen molar-refractivity contribution < 1.29 is 9.53 Å². The van der Waals surface area contributed by atoms with Crippen molar-refractivity contribution in [3.8, 4) is 0 Å². The minimum absolute atomic E-state index is 0.334.